The molecule has 0 aliphatic carbocycles. The summed E-state index contributed by atoms with van der Waals surface area (Å²) in [5.41, 5.74) is 1.14. The van der Waals surface area contributed by atoms with Gasteiger partial charge in [-0.1, -0.05) is 17.7 Å². The molecule has 3 heterocycles. The first-order valence-electron chi connectivity index (χ1n) is 12.3. The van der Waals surface area contributed by atoms with Crippen molar-refractivity contribution in [3.8, 4) is 0 Å². The third kappa shape index (κ3) is 6.76. The lowest BCUT2D eigenvalue weighted by molar-refractivity contribution is -0.360. The van der Waals surface area contributed by atoms with E-state index in [-0.39, 0.29) is 11.6 Å². The van der Waals surface area contributed by atoms with Crippen LogP contribution in [-0.2, 0) is 25.6 Å². The summed E-state index contributed by atoms with van der Waals surface area (Å²) in [6, 6.07) is 7.90. The van der Waals surface area contributed by atoms with Crippen LogP contribution >= 0.6 is 11.6 Å². The number of nitrogens with one attached hydrogen (secondary N) is 1. The van der Waals surface area contributed by atoms with Crippen molar-refractivity contribution >= 4 is 23.2 Å². The molecule has 2 fully saturated rings. The van der Waals surface area contributed by atoms with Crippen molar-refractivity contribution in [1.82, 2.24) is 4.98 Å². The molecule has 14 nitrogen and oxygen atoms in total. The van der Waals surface area contributed by atoms with Crippen LogP contribution in [0.25, 0.3) is 0 Å². The highest BCUT2D eigenvalue weighted by Gasteiger charge is 2.50. The Morgan fingerprint density at radius 3 is 2.30 bits per heavy atom. The van der Waals surface area contributed by atoms with E-state index in [0.717, 1.165) is 0 Å². The van der Waals surface area contributed by atoms with E-state index in [1.54, 1.807) is 24.3 Å². The minimum Gasteiger partial charge on any atom is -0.394 e. The summed E-state index contributed by atoms with van der Waals surface area (Å²) in [6.45, 7) is -1.55. The van der Waals surface area contributed by atoms with Crippen LogP contribution in [0.3, 0.4) is 0 Å². The lowest BCUT2D eigenvalue weighted by atomic mass is 9.97. The number of aliphatic hydroxyl groups excluding tert-OH is 7. The van der Waals surface area contributed by atoms with Gasteiger partial charge in [0.15, 0.2) is 12.6 Å². The Morgan fingerprint density at radius 2 is 1.62 bits per heavy atom. The van der Waals surface area contributed by atoms with Crippen LogP contribution in [0.4, 0.5) is 5.69 Å². The molecular formula is C25H31ClN2O12. The minimum atomic E-state index is -1.77. The first-order chi connectivity index (χ1) is 19.1. The van der Waals surface area contributed by atoms with E-state index in [2.05, 4.69) is 10.3 Å². The fraction of sp³-hybridized carbons (Fsp3) is 0.520. The number of amides is 1. The number of rotatable bonds is 9. The normalized spacial score (nSPS) is 34.4. The molecule has 1 aromatic carbocycles. The standard InChI is InChI=1S/C25H31ClN2O12/c26-13-4-3-11(6-14(13)28-23(36)12-2-1-5-27-7-12)10-37-24-21(35)19(33)22(16(9-30)39-24)40-25-20(34)18(32)17(31)15(8-29)38-25/h1-7,15-22,24-25,29-35H,8-10H2,(H,28,36)/t15-,16-,17-,18+,19-,20-,21-,22-,24-,25-/m1/s1. The first kappa shape index (κ1) is 30.6. The maximum absolute atomic E-state index is 12.5. The summed E-state index contributed by atoms with van der Waals surface area (Å²) in [6.07, 6.45) is -12.6. The highest BCUT2D eigenvalue weighted by atomic mass is 35.5. The maximum atomic E-state index is 12.5. The zero-order chi connectivity index (χ0) is 29.0. The second kappa shape index (κ2) is 13.6. The van der Waals surface area contributed by atoms with Crippen LogP contribution in [0.15, 0.2) is 42.7 Å². The largest absolute Gasteiger partial charge is 0.394 e. The van der Waals surface area contributed by atoms with E-state index in [9.17, 15) is 40.5 Å². The molecule has 10 atom stereocenters. The molecule has 2 aliphatic rings. The maximum Gasteiger partial charge on any atom is 0.257 e. The van der Waals surface area contributed by atoms with Crippen LogP contribution in [0.1, 0.15) is 15.9 Å². The first-order valence-corrected chi connectivity index (χ1v) is 12.7. The van der Waals surface area contributed by atoms with E-state index in [1.807, 2.05) is 0 Å². The Kier molecular flexibility index (Phi) is 10.4. The Morgan fingerprint density at radius 1 is 0.925 bits per heavy atom. The smallest absolute Gasteiger partial charge is 0.257 e. The van der Waals surface area contributed by atoms with Gasteiger partial charge in [-0.15, -0.1) is 0 Å². The average Bonchev–Trinajstić information content (AvgIpc) is 2.97. The van der Waals surface area contributed by atoms with Crippen molar-refractivity contribution in [2.75, 3.05) is 18.5 Å². The van der Waals surface area contributed by atoms with Gasteiger partial charge >= 0.3 is 0 Å². The topological polar surface area (TPSA) is 221 Å². The van der Waals surface area contributed by atoms with Gasteiger partial charge in [0.2, 0.25) is 0 Å². The van der Waals surface area contributed by atoms with E-state index >= 15 is 0 Å². The van der Waals surface area contributed by atoms with Crippen molar-refractivity contribution < 1.29 is 59.5 Å². The number of halogens is 1. The number of aliphatic hydroxyl groups is 7. The molecule has 220 valence electrons. The summed E-state index contributed by atoms with van der Waals surface area (Å²) < 4.78 is 22.1. The molecule has 0 saturated carbocycles. The molecular weight excluding hydrogens is 556 g/mol. The van der Waals surface area contributed by atoms with Crippen LogP contribution in [0, 0.1) is 0 Å². The second-order valence-corrected chi connectivity index (χ2v) is 9.73. The molecule has 0 radical (unpaired) electrons. The summed E-state index contributed by atoms with van der Waals surface area (Å²) in [5, 5.41) is 73.7. The Labute approximate surface area is 233 Å². The average molecular weight is 587 g/mol. The van der Waals surface area contributed by atoms with Crippen molar-refractivity contribution in [2.45, 2.75) is 68.0 Å². The van der Waals surface area contributed by atoms with Gasteiger partial charge in [0.1, 0.15) is 48.8 Å². The zero-order valence-corrected chi connectivity index (χ0v) is 21.7. The predicted molar refractivity (Wildman–Crippen MR) is 135 cm³/mol. The molecule has 1 amide bonds. The van der Waals surface area contributed by atoms with Crippen LogP contribution < -0.4 is 5.32 Å². The molecule has 0 unspecified atom stereocenters. The molecule has 40 heavy (non-hydrogen) atoms. The SMILES string of the molecule is O=C(Nc1cc(CO[C@@H]2O[C@H](CO)[C@@H](O[C@H]3O[C@H](CO)[C@@H](O)[C@H](O)[C@H]3O)[C@H](O)[C@H]2O)ccc1Cl)c1cccnc1. The third-order valence-electron chi connectivity index (χ3n) is 6.58. The lowest BCUT2D eigenvalue weighted by Crippen LogP contribution is -2.64. The number of hydrogen-bond donors (Lipinski definition) is 8. The summed E-state index contributed by atoms with van der Waals surface area (Å²) >= 11 is 6.22. The van der Waals surface area contributed by atoms with E-state index < -0.39 is 80.5 Å². The molecule has 1 aromatic heterocycles. The highest BCUT2D eigenvalue weighted by molar-refractivity contribution is 6.34. The summed E-state index contributed by atoms with van der Waals surface area (Å²) in [4.78, 5) is 16.4. The number of pyridine rings is 1. The Bertz CT molecular complexity index is 1130. The number of carbonyl (C=O) groups excluding carboxylic acids is 1. The molecule has 4 rings (SSSR count). The van der Waals surface area contributed by atoms with Gasteiger partial charge in [0.05, 0.1) is 36.1 Å². The number of aromatic nitrogens is 1. The molecule has 8 N–H and O–H groups in total. The zero-order valence-electron chi connectivity index (χ0n) is 20.9. The van der Waals surface area contributed by atoms with Gasteiger partial charge in [-0.05, 0) is 29.8 Å². The Hall–Kier alpha value is -2.31. The summed E-state index contributed by atoms with van der Waals surface area (Å²) in [5.74, 6) is -0.432. The van der Waals surface area contributed by atoms with Gasteiger partial charge in [-0.3, -0.25) is 9.78 Å². The number of hydrogen-bond acceptors (Lipinski definition) is 13. The van der Waals surface area contributed by atoms with E-state index in [4.69, 9.17) is 30.5 Å². The minimum absolute atomic E-state index is 0.155. The molecule has 2 saturated heterocycles. The summed E-state index contributed by atoms with van der Waals surface area (Å²) in [7, 11) is 0. The number of ether oxygens (including phenoxy) is 4. The lowest BCUT2D eigenvalue weighted by Gasteiger charge is -2.45. The van der Waals surface area contributed by atoms with Crippen molar-refractivity contribution in [2.24, 2.45) is 0 Å². The second-order valence-electron chi connectivity index (χ2n) is 9.33. The monoisotopic (exact) mass is 586 g/mol. The third-order valence-corrected chi connectivity index (χ3v) is 6.91. The molecule has 15 heteroatoms. The fourth-order valence-corrected chi connectivity index (χ4v) is 4.49. The number of nitrogens with zero attached hydrogens (tertiary/aromatic N) is 1. The fourth-order valence-electron chi connectivity index (χ4n) is 4.32. The van der Waals surface area contributed by atoms with Gasteiger partial charge in [-0.25, -0.2) is 0 Å². The number of benzene rings is 1. The van der Waals surface area contributed by atoms with Gasteiger partial charge in [-0.2, -0.15) is 0 Å². The van der Waals surface area contributed by atoms with Crippen LogP contribution in [0.2, 0.25) is 5.02 Å². The van der Waals surface area contributed by atoms with Gasteiger partial charge in [0, 0.05) is 12.4 Å². The number of anilines is 1. The predicted octanol–water partition coefficient (Wildman–Crippen LogP) is -1.87. The Balaban J connectivity index is 1.39. The number of carbonyl (C=O) groups is 1. The van der Waals surface area contributed by atoms with Crippen molar-refractivity contribution in [3.05, 3.63) is 58.9 Å². The highest BCUT2D eigenvalue weighted by Crippen LogP contribution is 2.30. The van der Waals surface area contributed by atoms with Crippen molar-refractivity contribution in [1.29, 1.82) is 0 Å². The molecule has 0 spiro atoms. The van der Waals surface area contributed by atoms with Gasteiger partial charge in [0.25, 0.3) is 5.91 Å². The van der Waals surface area contributed by atoms with Crippen LogP contribution in [-0.4, -0.2) is 121 Å². The van der Waals surface area contributed by atoms with Crippen LogP contribution in [0.5, 0.6) is 0 Å². The molecule has 0 bridgehead atoms. The quantitative estimate of drug-likeness (QED) is 0.161. The molecule has 2 aromatic rings. The van der Waals surface area contributed by atoms with E-state index in [0.29, 0.717) is 16.8 Å². The van der Waals surface area contributed by atoms with Crippen molar-refractivity contribution in [3.63, 3.8) is 0 Å². The van der Waals surface area contributed by atoms with Gasteiger partial charge < -0.3 is 60.0 Å². The van der Waals surface area contributed by atoms with E-state index in [1.165, 1.54) is 18.5 Å². The molecule has 2 aliphatic heterocycles.